The van der Waals surface area contributed by atoms with Crippen molar-refractivity contribution in [3.05, 3.63) is 59.9 Å². The maximum atomic E-state index is 13.7. The van der Waals surface area contributed by atoms with Crippen LogP contribution in [0.1, 0.15) is 18.9 Å². The monoisotopic (exact) mass is 377 g/mol. The molecule has 0 spiro atoms. The highest BCUT2D eigenvalue weighted by atomic mass is 32.2. The van der Waals surface area contributed by atoms with Crippen molar-refractivity contribution in [3.63, 3.8) is 0 Å². The lowest BCUT2D eigenvalue weighted by atomic mass is 10.2. The lowest BCUT2D eigenvalue weighted by molar-refractivity contribution is -0.134. The number of rotatable bonds is 9. The van der Waals surface area contributed by atoms with Crippen molar-refractivity contribution in [2.45, 2.75) is 25.2 Å². The minimum Gasteiger partial charge on any atom is -0.481 e. The molecule has 0 heterocycles. The van der Waals surface area contributed by atoms with Gasteiger partial charge in [0.05, 0.1) is 5.75 Å². The number of halogens is 1. The molecule has 2 aromatic rings. The summed E-state index contributed by atoms with van der Waals surface area (Å²) in [7, 11) is 0. The number of carbonyl (C=O) groups excluding carboxylic acids is 1. The number of anilines is 1. The molecule has 1 atom stereocenters. The lowest BCUT2D eigenvalue weighted by Gasteiger charge is -2.18. The van der Waals surface area contributed by atoms with Gasteiger partial charge in [0.25, 0.3) is 5.91 Å². The summed E-state index contributed by atoms with van der Waals surface area (Å²) in [5, 5.41) is 11.4. The Morgan fingerprint density at radius 1 is 1.23 bits per heavy atom. The molecule has 0 saturated heterocycles. The third-order valence-corrected chi connectivity index (χ3v) is 4.45. The van der Waals surface area contributed by atoms with Crippen LogP contribution in [0.4, 0.5) is 10.1 Å². The van der Waals surface area contributed by atoms with E-state index in [1.165, 1.54) is 23.9 Å². The van der Waals surface area contributed by atoms with Crippen LogP contribution in [-0.4, -0.2) is 28.8 Å². The minimum absolute atomic E-state index is 0.0188. The maximum absolute atomic E-state index is 13.7. The Balaban J connectivity index is 1.98. The van der Waals surface area contributed by atoms with Crippen LogP contribution in [0.15, 0.2) is 48.5 Å². The zero-order valence-electron chi connectivity index (χ0n) is 14.3. The summed E-state index contributed by atoms with van der Waals surface area (Å²) in [4.78, 5) is 23.0. The van der Waals surface area contributed by atoms with Gasteiger partial charge in [0.15, 0.2) is 17.7 Å². The molecule has 0 radical (unpaired) electrons. The van der Waals surface area contributed by atoms with Crippen LogP contribution in [0.25, 0.3) is 0 Å². The number of carboxylic acid groups (broad SMARTS) is 1. The highest BCUT2D eigenvalue weighted by Crippen LogP contribution is 2.20. The van der Waals surface area contributed by atoms with E-state index in [0.29, 0.717) is 17.9 Å². The smallest absolute Gasteiger partial charge is 0.313 e. The topological polar surface area (TPSA) is 75.6 Å². The zero-order chi connectivity index (χ0) is 18.9. The molecule has 0 bridgehead atoms. The van der Waals surface area contributed by atoms with Crippen molar-refractivity contribution < 1.29 is 23.8 Å². The molecule has 0 saturated carbocycles. The van der Waals surface area contributed by atoms with Crippen molar-refractivity contribution in [2.24, 2.45) is 0 Å². The normalized spacial score (nSPS) is 11.6. The Morgan fingerprint density at radius 3 is 2.69 bits per heavy atom. The van der Waals surface area contributed by atoms with Crippen LogP contribution >= 0.6 is 11.8 Å². The second kappa shape index (κ2) is 9.82. The van der Waals surface area contributed by atoms with E-state index >= 15 is 0 Å². The van der Waals surface area contributed by atoms with Crippen molar-refractivity contribution in [1.82, 2.24) is 0 Å². The van der Waals surface area contributed by atoms with Gasteiger partial charge in [0.1, 0.15) is 0 Å². The van der Waals surface area contributed by atoms with Crippen LogP contribution in [0, 0.1) is 5.82 Å². The van der Waals surface area contributed by atoms with Crippen LogP contribution in [0.2, 0.25) is 0 Å². The maximum Gasteiger partial charge on any atom is 0.313 e. The van der Waals surface area contributed by atoms with Gasteiger partial charge in [-0.15, -0.1) is 11.8 Å². The molecule has 26 heavy (non-hydrogen) atoms. The third kappa shape index (κ3) is 6.07. The van der Waals surface area contributed by atoms with Gasteiger partial charge < -0.3 is 15.2 Å². The Bertz CT molecular complexity index is 769. The van der Waals surface area contributed by atoms with Crippen molar-refractivity contribution in [1.29, 1.82) is 0 Å². The van der Waals surface area contributed by atoms with E-state index in [4.69, 9.17) is 9.84 Å². The number of aliphatic carboxylic acids is 1. The largest absolute Gasteiger partial charge is 0.481 e. The molecule has 5 nitrogen and oxygen atoms in total. The Labute approximate surface area is 155 Å². The number of ether oxygens (including phenoxy) is 1. The van der Waals surface area contributed by atoms with Crippen molar-refractivity contribution >= 4 is 29.3 Å². The predicted octanol–water partition coefficient (Wildman–Crippen LogP) is 3.94. The summed E-state index contributed by atoms with van der Waals surface area (Å²) in [6.45, 7) is 1.78. The molecule has 2 N–H and O–H groups in total. The Hall–Kier alpha value is -2.54. The Kier molecular flexibility index (Phi) is 7.47. The molecule has 2 aromatic carbocycles. The molecule has 7 heteroatoms. The molecule has 0 aliphatic rings. The highest BCUT2D eigenvalue weighted by Gasteiger charge is 2.20. The zero-order valence-corrected chi connectivity index (χ0v) is 15.1. The van der Waals surface area contributed by atoms with Gasteiger partial charge in [-0.05, 0) is 36.2 Å². The van der Waals surface area contributed by atoms with E-state index < -0.39 is 17.9 Å². The first-order chi connectivity index (χ1) is 12.5. The Morgan fingerprint density at radius 2 is 2.00 bits per heavy atom. The average Bonchev–Trinajstić information content (AvgIpc) is 2.61. The van der Waals surface area contributed by atoms with Gasteiger partial charge in [-0.25, -0.2) is 4.39 Å². The van der Waals surface area contributed by atoms with E-state index in [1.807, 2.05) is 6.07 Å². The number of nitrogens with one attached hydrogen (secondary N) is 1. The average molecular weight is 377 g/mol. The fourth-order valence-corrected chi connectivity index (χ4v) is 2.93. The third-order valence-electron chi connectivity index (χ3n) is 3.46. The minimum atomic E-state index is -0.865. The number of carbonyl (C=O) groups is 2. The number of amides is 1. The van der Waals surface area contributed by atoms with Gasteiger partial charge >= 0.3 is 5.97 Å². The molecular formula is C19H20FNO4S. The summed E-state index contributed by atoms with van der Waals surface area (Å²) in [5.41, 5.74) is 1.48. The van der Waals surface area contributed by atoms with Gasteiger partial charge in [-0.1, -0.05) is 31.2 Å². The predicted molar refractivity (Wildman–Crippen MR) is 100.0 cm³/mol. The number of hydrogen-bond donors (Lipinski definition) is 2. The SMILES string of the molecule is CCC(Oc1ccccc1F)C(=O)Nc1cccc(CSCC(=O)O)c1. The number of carboxylic acids is 1. The second-order valence-corrected chi connectivity index (χ2v) is 6.51. The van der Waals surface area contributed by atoms with Gasteiger partial charge in [0, 0.05) is 11.4 Å². The fourth-order valence-electron chi connectivity index (χ4n) is 2.23. The van der Waals surface area contributed by atoms with Gasteiger partial charge in [-0.3, -0.25) is 9.59 Å². The second-order valence-electron chi connectivity index (χ2n) is 5.52. The first-order valence-corrected chi connectivity index (χ1v) is 9.25. The number of para-hydroxylation sites is 1. The summed E-state index contributed by atoms with van der Waals surface area (Å²) >= 11 is 1.28. The van der Waals surface area contributed by atoms with E-state index in [-0.39, 0.29) is 17.4 Å². The molecular weight excluding hydrogens is 357 g/mol. The van der Waals surface area contributed by atoms with Crippen LogP contribution in [0.5, 0.6) is 5.75 Å². The highest BCUT2D eigenvalue weighted by molar-refractivity contribution is 7.99. The summed E-state index contributed by atoms with van der Waals surface area (Å²) in [5.74, 6) is -1.17. The molecule has 0 fully saturated rings. The van der Waals surface area contributed by atoms with Crippen LogP contribution in [0.3, 0.4) is 0 Å². The van der Waals surface area contributed by atoms with E-state index in [1.54, 1.807) is 37.3 Å². The quantitative estimate of drug-likeness (QED) is 0.692. The van der Waals surface area contributed by atoms with E-state index in [9.17, 15) is 14.0 Å². The van der Waals surface area contributed by atoms with Crippen molar-refractivity contribution in [3.8, 4) is 5.75 Å². The molecule has 1 unspecified atom stereocenters. The fraction of sp³-hybridized carbons (Fsp3) is 0.263. The van der Waals surface area contributed by atoms with Crippen molar-refractivity contribution in [2.75, 3.05) is 11.1 Å². The molecule has 1 amide bonds. The summed E-state index contributed by atoms with van der Waals surface area (Å²) < 4.78 is 19.2. The molecule has 0 aliphatic heterocycles. The standard InChI is InChI=1S/C19H20FNO4S/c1-2-16(25-17-9-4-3-8-15(17)20)19(24)21-14-7-5-6-13(10-14)11-26-12-18(22)23/h3-10,16H,2,11-12H2,1H3,(H,21,24)(H,22,23). The first kappa shape index (κ1) is 19.8. The summed E-state index contributed by atoms with van der Waals surface area (Å²) in [6.07, 6.45) is -0.439. The molecule has 2 rings (SSSR count). The van der Waals surface area contributed by atoms with E-state index in [0.717, 1.165) is 5.56 Å². The van der Waals surface area contributed by atoms with Crippen LogP contribution in [-0.2, 0) is 15.3 Å². The number of hydrogen-bond acceptors (Lipinski definition) is 4. The van der Waals surface area contributed by atoms with Gasteiger partial charge in [-0.2, -0.15) is 0 Å². The lowest BCUT2D eigenvalue weighted by Crippen LogP contribution is -2.32. The molecule has 0 aromatic heterocycles. The number of thioether (sulfide) groups is 1. The molecule has 0 aliphatic carbocycles. The van der Waals surface area contributed by atoms with Gasteiger partial charge in [0.2, 0.25) is 0 Å². The number of benzene rings is 2. The molecule has 138 valence electrons. The first-order valence-electron chi connectivity index (χ1n) is 8.10. The van der Waals surface area contributed by atoms with E-state index in [2.05, 4.69) is 5.32 Å². The van der Waals surface area contributed by atoms with Crippen LogP contribution < -0.4 is 10.1 Å². The summed E-state index contributed by atoms with van der Waals surface area (Å²) in [6, 6.07) is 13.1.